The number of methoxy groups -OCH3 is 2. The van der Waals surface area contributed by atoms with Crippen molar-refractivity contribution in [2.45, 2.75) is 45.4 Å². The summed E-state index contributed by atoms with van der Waals surface area (Å²) in [4.78, 5) is 30.6. The van der Waals surface area contributed by atoms with Gasteiger partial charge < -0.3 is 14.2 Å². The SMILES string of the molecule is CCOC(=O)C1C(CC)=NC2=C(C(=O)CCC2)[C@H]1c1cc(OC)ccc1OC. The molecule has 1 aliphatic heterocycles. The van der Waals surface area contributed by atoms with E-state index in [1.807, 2.05) is 13.0 Å². The second-order valence-corrected chi connectivity index (χ2v) is 6.91. The standard InChI is InChI=1S/C22H27NO5/c1-5-15-21(22(25)28-6-2)19(20-16(23-15)8-7-9-17(20)24)14-12-13(26-3)10-11-18(14)27-4/h10-12,19,21H,5-9H2,1-4H3/t19-,21?/m1/s1. The van der Waals surface area contributed by atoms with Crippen LogP contribution in [0.1, 0.15) is 51.0 Å². The lowest BCUT2D eigenvalue weighted by Gasteiger charge is -2.35. The molecule has 3 rings (SSSR count). The predicted octanol–water partition coefficient (Wildman–Crippen LogP) is 3.84. The highest BCUT2D eigenvalue weighted by molar-refractivity contribution is 6.09. The van der Waals surface area contributed by atoms with Crippen LogP contribution >= 0.6 is 0 Å². The van der Waals surface area contributed by atoms with Crippen molar-refractivity contribution in [1.29, 1.82) is 0 Å². The van der Waals surface area contributed by atoms with E-state index in [1.165, 1.54) is 0 Å². The molecule has 150 valence electrons. The number of hydrogen-bond donors (Lipinski definition) is 0. The fourth-order valence-electron chi connectivity index (χ4n) is 4.14. The van der Waals surface area contributed by atoms with Crippen molar-refractivity contribution in [2.24, 2.45) is 10.9 Å². The third-order valence-corrected chi connectivity index (χ3v) is 5.39. The Morgan fingerprint density at radius 3 is 2.61 bits per heavy atom. The molecule has 0 spiro atoms. The molecule has 6 heteroatoms. The molecule has 0 aromatic heterocycles. The first-order valence-electron chi connectivity index (χ1n) is 9.77. The lowest BCUT2D eigenvalue weighted by molar-refractivity contribution is -0.146. The summed E-state index contributed by atoms with van der Waals surface area (Å²) in [7, 11) is 3.17. The van der Waals surface area contributed by atoms with Crippen molar-refractivity contribution in [3.63, 3.8) is 0 Å². The van der Waals surface area contributed by atoms with Crippen LogP contribution in [0.15, 0.2) is 34.5 Å². The number of allylic oxidation sites excluding steroid dienone is 2. The van der Waals surface area contributed by atoms with E-state index in [1.54, 1.807) is 33.3 Å². The van der Waals surface area contributed by atoms with Crippen LogP contribution in [0, 0.1) is 5.92 Å². The molecule has 0 saturated carbocycles. The van der Waals surface area contributed by atoms with Gasteiger partial charge in [0.2, 0.25) is 0 Å². The zero-order chi connectivity index (χ0) is 20.3. The Labute approximate surface area is 165 Å². The summed E-state index contributed by atoms with van der Waals surface area (Å²) in [6, 6.07) is 5.46. The van der Waals surface area contributed by atoms with Gasteiger partial charge in [-0.2, -0.15) is 0 Å². The maximum atomic E-state index is 13.0. The number of Topliss-reactive ketones (excluding diaryl/α,β-unsaturated/α-hetero) is 1. The van der Waals surface area contributed by atoms with Gasteiger partial charge in [-0.05, 0) is 44.4 Å². The molecule has 2 aliphatic rings. The van der Waals surface area contributed by atoms with E-state index >= 15 is 0 Å². The summed E-state index contributed by atoms with van der Waals surface area (Å²) in [6.07, 6.45) is 2.60. The highest BCUT2D eigenvalue weighted by Crippen LogP contribution is 2.47. The molecule has 1 aromatic carbocycles. The summed E-state index contributed by atoms with van der Waals surface area (Å²) >= 11 is 0. The molecule has 0 amide bonds. The van der Waals surface area contributed by atoms with E-state index in [4.69, 9.17) is 19.2 Å². The van der Waals surface area contributed by atoms with Crippen molar-refractivity contribution < 1.29 is 23.8 Å². The zero-order valence-electron chi connectivity index (χ0n) is 16.9. The Morgan fingerprint density at radius 1 is 1.18 bits per heavy atom. The average molecular weight is 385 g/mol. The monoisotopic (exact) mass is 385 g/mol. The normalized spacial score (nSPS) is 21.7. The maximum absolute atomic E-state index is 13.0. The van der Waals surface area contributed by atoms with Crippen molar-refractivity contribution in [2.75, 3.05) is 20.8 Å². The zero-order valence-corrected chi connectivity index (χ0v) is 16.9. The Balaban J connectivity index is 2.25. The van der Waals surface area contributed by atoms with Gasteiger partial charge in [-0.3, -0.25) is 14.6 Å². The van der Waals surface area contributed by atoms with Gasteiger partial charge in [-0.25, -0.2) is 0 Å². The number of esters is 1. The largest absolute Gasteiger partial charge is 0.497 e. The molecule has 1 aliphatic carbocycles. The van der Waals surface area contributed by atoms with Crippen LogP contribution in [0.4, 0.5) is 0 Å². The third-order valence-electron chi connectivity index (χ3n) is 5.39. The quantitative estimate of drug-likeness (QED) is 0.696. The van der Waals surface area contributed by atoms with Gasteiger partial charge in [0.15, 0.2) is 5.78 Å². The summed E-state index contributed by atoms with van der Waals surface area (Å²) in [5, 5.41) is 0. The van der Waals surface area contributed by atoms with Crippen molar-refractivity contribution >= 4 is 17.5 Å². The van der Waals surface area contributed by atoms with Gasteiger partial charge in [0.25, 0.3) is 0 Å². The molecule has 1 unspecified atom stereocenters. The van der Waals surface area contributed by atoms with E-state index < -0.39 is 11.8 Å². The van der Waals surface area contributed by atoms with Crippen molar-refractivity contribution in [1.82, 2.24) is 0 Å². The van der Waals surface area contributed by atoms with Gasteiger partial charge in [-0.15, -0.1) is 0 Å². The molecule has 0 fully saturated rings. The number of benzene rings is 1. The van der Waals surface area contributed by atoms with E-state index in [-0.39, 0.29) is 18.4 Å². The summed E-state index contributed by atoms with van der Waals surface area (Å²) in [6.45, 7) is 4.02. The van der Waals surface area contributed by atoms with Gasteiger partial charge in [0.1, 0.15) is 17.4 Å². The predicted molar refractivity (Wildman–Crippen MR) is 106 cm³/mol. The first kappa shape index (κ1) is 20.1. The molecule has 0 saturated heterocycles. The number of nitrogens with zero attached hydrogens (tertiary/aromatic N) is 1. The highest BCUT2D eigenvalue weighted by atomic mass is 16.5. The summed E-state index contributed by atoms with van der Waals surface area (Å²) in [5.41, 5.74) is 2.92. The van der Waals surface area contributed by atoms with Gasteiger partial charge in [-0.1, -0.05) is 6.92 Å². The lowest BCUT2D eigenvalue weighted by Crippen LogP contribution is -2.38. The first-order chi connectivity index (χ1) is 13.5. The Bertz CT molecular complexity index is 839. The third kappa shape index (κ3) is 3.55. The number of ether oxygens (including phenoxy) is 3. The lowest BCUT2D eigenvalue weighted by atomic mass is 9.71. The molecular weight excluding hydrogens is 358 g/mol. The van der Waals surface area contributed by atoms with Crippen LogP contribution in [-0.4, -0.2) is 38.3 Å². The smallest absolute Gasteiger partial charge is 0.315 e. The van der Waals surface area contributed by atoms with Crippen LogP contribution < -0.4 is 9.47 Å². The average Bonchev–Trinajstić information content (AvgIpc) is 2.72. The number of rotatable bonds is 6. The Kier molecular flexibility index (Phi) is 6.17. The van der Waals surface area contributed by atoms with E-state index in [9.17, 15) is 9.59 Å². The fraction of sp³-hybridized carbons (Fsp3) is 0.500. The maximum Gasteiger partial charge on any atom is 0.315 e. The van der Waals surface area contributed by atoms with Gasteiger partial charge >= 0.3 is 5.97 Å². The first-order valence-corrected chi connectivity index (χ1v) is 9.77. The van der Waals surface area contributed by atoms with Crippen molar-refractivity contribution in [3.8, 4) is 11.5 Å². The topological polar surface area (TPSA) is 74.2 Å². The minimum absolute atomic E-state index is 0.0457. The molecule has 6 nitrogen and oxygen atoms in total. The molecule has 1 aromatic rings. The molecule has 0 bridgehead atoms. The second kappa shape index (κ2) is 8.59. The fourth-order valence-corrected chi connectivity index (χ4v) is 4.14. The van der Waals surface area contributed by atoms with Crippen LogP contribution in [-0.2, 0) is 14.3 Å². The molecule has 1 heterocycles. The number of ketones is 1. The molecular formula is C22H27NO5. The Hall–Kier alpha value is -2.63. The number of hydrogen-bond acceptors (Lipinski definition) is 6. The molecule has 0 radical (unpaired) electrons. The molecule has 0 N–H and O–H groups in total. The minimum Gasteiger partial charge on any atom is -0.497 e. The van der Waals surface area contributed by atoms with Gasteiger partial charge in [0.05, 0.1) is 20.8 Å². The van der Waals surface area contributed by atoms with Crippen LogP contribution in [0.2, 0.25) is 0 Å². The number of carbonyl (C=O) groups is 2. The molecule has 2 atom stereocenters. The highest BCUT2D eigenvalue weighted by Gasteiger charge is 2.45. The Morgan fingerprint density at radius 2 is 1.96 bits per heavy atom. The van der Waals surface area contributed by atoms with E-state index in [0.717, 1.165) is 29.8 Å². The molecule has 28 heavy (non-hydrogen) atoms. The van der Waals surface area contributed by atoms with E-state index in [2.05, 4.69) is 0 Å². The minimum atomic E-state index is -0.647. The summed E-state index contributed by atoms with van der Waals surface area (Å²) < 4.78 is 16.4. The van der Waals surface area contributed by atoms with Crippen LogP contribution in [0.3, 0.4) is 0 Å². The van der Waals surface area contributed by atoms with Crippen LogP contribution in [0.5, 0.6) is 11.5 Å². The van der Waals surface area contributed by atoms with Crippen LogP contribution in [0.25, 0.3) is 0 Å². The second-order valence-electron chi connectivity index (χ2n) is 6.91. The summed E-state index contributed by atoms with van der Waals surface area (Å²) in [5.74, 6) is -0.189. The van der Waals surface area contributed by atoms with Crippen molar-refractivity contribution in [3.05, 3.63) is 35.0 Å². The van der Waals surface area contributed by atoms with Gasteiger partial charge in [0, 0.05) is 34.9 Å². The number of carbonyl (C=O) groups excluding carboxylic acids is 2. The number of aliphatic imine (C=N–C) groups is 1. The van der Waals surface area contributed by atoms with E-state index in [0.29, 0.717) is 29.9 Å².